The lowest BCUT2D eigenvalue weighted by Crippen LogP contribution is -2.39. The Bertz CT molecular complexity index is 1260. The van der Waals surface area contributed by atoms with Crippen molar-refractivity contribution in [2.75, 3.05) is 20.2 Å². The summed E-state index contributed by atoms with van der Waals surface area (Å²) in [5, 5.41) is 0. The highest BCUT2D eigenvalue weighted by Crippen LogP contribution is 2.28. The Morgan fingerprint density at radius 1 is 1.25 bits per heavy atom. The first-order valence-corrected chi connectivity index (χ1v) is 10.9. The van der Waals surface area contributed by atoms with Crippen molar-refractivity contribution in [1.29, 1.82) is 0 Å². The van der Waals surface area contributed by atoms with E-state index in [1.807, 2.05) is 64.9 Å². The average molecular weight is 431 g/mol. The van der Waals surface area contributed by atoms with Crippen molar-refractivity contribution < 1.29 is 13.9 Å². The molecule has 1 aliphatic rings. The number of nitrogens with zero attached hydrogens (tertiary/aromatic N) is 4. The first kappa shape index (κ1) is 20.3. The number of amides is 1. The molecule has 32 heavy (non-hydrogen) atoms. The van der Waals surface area contributed by atoms with E-state index in [4.69, 9.17) is 9.15 Å². The van der Waals surface area contributed by atoms with Crippen LogP contribution in [-0.4, -0.2) is 45.4 Å². The van der Waals surface area contributed by atoms with Crippen LogP contribution in [0.25, 0.3) is 5.65 Å². The van der Waals surface area contributed by atoms with E-state index in [2.05, 4.69) is 9.97 Å². The lowest BCUT2D eigenvalue weighted by Gasteiger charge is -2.30. The third kappa shape index (κ3) is 3.98. The lowest BCUT2D eigenvalue weighted by molar-refractivity contribution is 0.0692. The summed E-state index contributed by atoms with van der Waals surface area (Å²) in [5.74, 6) is 2.39. The number of imidazole rings is 1. The van der Waals surface area contributed by atoms with E-state index in [0.717, 1.165) is 47.8 Å². The van der Waals surface area contributed by atoms with Crippen LogP contribution in [0.2, 0.25) is 0 Å². The van der Waals surface area contributed by atoms with Crippen LogP contribution in [0.1, 0.15) is 52.2 Å². The average Bonchev–Trinajstić information content (AvgIpc) is 3.47. The van der Waals surface area contributed by atoms with Gasteiger partial charge in [-0.3, -0.25) is 4.79 Å². The second-order valence-corrected chi connectivity index (χ2v) is 8.30. The van der Waals surface area contributed by atoms with Crippen molar-refractivity contribution in [3.05, 3.63) is 83.5 Å². The fourth-order valence-electron chi connectivity index (χ4n) is 4.35. The number of oxazole rings is 1. The third-order valence-corrected chi connectivity index (χ3v) is 6.06. The largest absolute Gasteiger partial charge is 0.497 e. The summed E-state index contributed by atoms with van der Waals surface area (Å²) in [7, 11) is 1.66. The maximum Gasteiger partial charge on any atom is 0.274 e. The predicted octanol–water partition coefficient (Wildman–Crippen LogP) is 4.25. The molecule has 164 valence electrons. The first-order valence-electron chi connectivity index (χ1n) is 10.9. The van der Waals surface area contributed by atoms with Gasteiger partial charge < -0.3 is 18.5 Å². The number of likely N-dealkylation sites (tertiary alicyclic amines) is 1. The summed E-state index contributed by atoms with van der Waals surface area (Å²) in [5.41, 5.74) is 3.42. The van der Waals surface area contributed by atoms with Gasteiger partial charge in [0.05, 0.1) is 19.2 Å². The molecule has 1 aromatic carbocycles. The summed E-state index contributed by atoms with van der Waals surface area (Å²) in [6, 6.07) is 13.8. The number of methoxy groups -OCH3 is 1. The molecule has 3 aromatic heterocycles. The molecule has 1 saturated heterocycles. The molecule has 0 bridgehead atoms. The fraction of sp³-hybridized carbons (Fsp3) is 0.320. The maximum absolute atomic E-state index is 13.2. The Balaban J connectivity index is 1.29. The van der Waals surface area contributed by atoms with Gasteiger partial charge in [-0.1, -0.05) is 18.2 Å². The molecule has 1 amide bonds. The minimum absolute atomic E-state index is 0.0408. The minimum Gasteiger partial charge on any atom is -0.497 e. The van der Waals surface area contributed by atoms with Gasteiger partial charge in [0.15, 0.2) is 5.89 Å². The zero-order chi connectivity index (χ0) is 22.1. The Hall–Kier alpha value is -3.61. The Labute approximate surface area is 186 Å². The molecule has 1 fully saturated rings. The molecule has 0 aliphatic carbocycles. The summed E-state index contributed by atoms with van der Waals surface area (Å²) in [6.45, 7) is 3.32. The Morgan fingerprint density at radius 3 is 2.97 bits per heavy atom. The van der Waals surface area contributed by atoms with Crippen LogP contribution in [-0.2, 0) is 6.42 Å². The lowest BCUT2D eigenvalue weighted by atomic mass is 9.98. The molecular formula is C25H26N4O3. The normalized spacial score (nSPS) is 16.4. The molecule has 4 heterocycles. The Morgan fingerprint density at radius 2 is 2.12 bits per heavy atom. The summed E-state index contributed by atoms with van der Waals surface area (Å²) in [4.78, 5) is 24.1. The van der Waals surface area contributed by atoms with E-state index in [1.54, 1.807) is 13.3 Å². The standard InChI is InChI=1S/C25H26N4O3/c1-17-6-3-10-23-27-22(16-29(17)23)25(30)28-11-5-8-19(15-28)24-26-14-21(32-24)13-18-7-4-9-20(12-18)31-2/h3-4,6-7,9-10,12,14,16,19H,5,8,11,13,15H2,1-2H3. The van der Waals surface area contributed by atoms with Gasteiger partial charge in [0, 0.05) is 31.4 Å². The van der Waals surface area contributed by atoms with E-state index in [0.29, 0.717) is 24.6 Å². The summed E-state index contributed by atoms with van der Waals surface area (Å²) in [6.07, 6.45) is 6.14. The number of hydrogen-bond acceptors (Lipinski definition) is 5. The van der Waals surface area contributed by atoms with Gasteiger partial charge in [0.2, 0.25) is 0 Å². The predicted molar refractivity (Wildman–Crippen MR) is 120 cm³/mol. The summed E-state index contributed by atoms with van der Waals surface area (Å²) >= 11 is 0. The highest BCUT2D eigenvalue weighted by molar-refractivity contribution is 5.93. The van der Waals surface area contributed by atoms with Crippen molar-refractivity contribution >= 4 is 11.6 Å². The fourth-order valence-corrected chi connectivity index (χ4v) is 4.35. The van der Waals surface area contributed by atoms with Crippen molar-refractivity contribution in [3.63, 3.8) is 0 Å². The second kappa shape index (κ2) is 8.49. The van der Waals surface area contributed by atoms with Gasteiger partial charge in [-0.05, 0) is 49.6 Å². The number of aryl methyl sites for hydroxylation is 1. The van der Waals surface area contributed by atoms with Gasteiger partial charge in [-0.15, -0.1) is 0 Å². The van der Waals surface area contributed by atoms with Crippen molar-refractivity contribution in [2.24, 2.45) is 0 Å². The van der Waals surface area contributed by atoms with Crippen molar-refractivity contribution in [1.82, 2.24) is 19.3 Å². The highest BCUT2D eigenvalue weighted by Gasteiger charge is 2.29. The first-order chi connectivity index (χ1) is 15.6. The molecule has 7 heteroatoms. The summed E-state index contributed by atoms with van der Waals surface area (Å²) < 4.78 is 13.3. The SMILES string of the molecule is COc1cccc(Cc2cnc(C3CCCN(C(=O)c4cn5c(C)cccc5n4)C3)o2)c1. The van der Waals surface area contributed by atoms with E-state index in [-0.39, 0.29) is 11.8 Å². The van der Waals surface area contributed by atoms with Crippen LogP contribution in [0, 0.1) is 6.92 Å². The molecule has 0 N–H and O–H groups in total. The minimum atomic E-state index is -0.0408. The van der Waals surface area contributed by atoms with Crippen molar-refractivity contribution in [2.45, 2.75) is 32.1 Å². The number of carbonyl (C=O) groups is 1. The highest BCUT2D eigenvalue weighted by atomic mass is 16.5. The van der Waals surface area contributed by atoms with Gasteiger partial charge in [0.1, 0.15) is 22.9 Å². The quantitative estimate of drug-likeness (QED) is 0.473. The van der Waals surface area contributed by atoms with Crippen LogP contribution in [0.4, 0.5) is 0 Å². The maximum atomic E-state index is 13.2. The van der Waals surface area contributed by atoms with Crippen LogP contribution in [0.5, 0.6) is 5.75 Å². The van der Waals surface area contributed by atoms with Crippen molar-refractivity contribution in [3.8, 4) is 5.75 Å². The molecule has 1 atom stereocenters. The molecule has 0 saturated carbocycles. The van der Waals surface area contributed by atoms with Crippen LogP contribution in [0.3, 0.4) is 0 Å². The number of aromatic nitrogens is 3. The van der Waals surface area contributed by atoms with Crippen LogP contribution < -0.4 is 4.74 Å². The second-order valence-electron chi connectivity index (χ2n) is 8.30. The van der Waals surface area contributed by atoms with Crippen LogP contribution in [0.15, 0.2) is 59.3 Å². The van der Waals surface area contributed by atoms with Gasteiger partial charge in [0.25, 0.3) is 5.91 Å². The van der Waals surface area contributed by atoms with E-state index >= 15 is 0 Å². The molecule has 1 aliphatic heterocycles. The zero-order valence-electron chi connectivity index (χ0n) is 18.3. The number of hydrogen-bond donors (Lipinski definition) is 0. The number of benzene rings is 1. The Kier molecular flexibility index (Phi) is 5.39. The molecule has 1 unspecified atom stereocenters. The van der Waals surface area contributed by atoms with E-state index < -0.39 is 0 Å². The van der Waals surface area contributed by atoms with Crippen LogP contribution >= 0.6 is 0 Å². The molecule has 5 rings (SSSR count). The number of ether oxygens (including phenoxy) is 1. The molecule has 4 aromatic rings. The number of piperidine rings is 1. The smallest absolute Gasteiger partial charge is 0.274 e. The number of fused-ring (bicyclic) bond motifs is 1. The monoisotopic (exact) mass is 430 g/mol. The number of carbonyl (C=O) groups excluding carboxylic acids is 1. The van der Waals surface area contributed by atoms with E-state index in [1.165, 1.54) is 0 Å². The van der Waals surface area contributed by atoms with Gasteiger partial charge in [-0.25, -0.2) is 9.97 Å². The molecule has 0 spiro atoms. The number of rotatable bonds is 5. The zero-order valence-corrected chi connectivity index (χ0v) is 18.3. The number of pyridine rings is 1. The van der Waals surface area contributed by atoms with Gasteiger partial charge >= 0.3 is 0 Å². The van der Waals surface area contributed by atoms with E-state index in [9.17, 15) is 4.79 Å². The third-order valence-electron chi connectivity index (χ3n) is 6.06. The topological polar surface area (TPSA) is 72.9 Å². The molecule has 7 nitrogen and oxygen atoms in total. The molecule has 0 radical (unpaired) electrons. The molecular weight excluding hydrogens is 404 g/mol. The van der Waals surface area contributed by atoms with Gasteiger partial charge in [-0.2, -0.15) is 0 Å².